The molecule has 0 heterocycles. The van der Waals surface area contributed by atoms with Crippen molar-refractivity contribution in [1.29, 1.82) is 0 Å². The summed E-state index contributed by atoms with van der Waals surface area (Å²) < 4.78 is 1.13. The van der Waals surface area contributed by atoms with Gasteiger partial charge in [0, 0.05) is 35.9 Å². The van der Waals surface area contributed by atoms with E-state index < -0.39 is 0 Å². The molecule has 1 aromatic carbocycles. The van der Waals surface area contributed by atoms with Crippen LogP contribution in [0.5, 0.6) is 0 Å². The first-order valence-electron chi connectivity index (χ1n) is 6.40. The molecule has 1 aromatic rings. The van der Waals surface area contributed by atoms with E-state index in [0.717, 1.165) is 24.0 Å². The number of aliphatic hydroxyl groups is 1. The van der Waals surface area contributed by atoms with Crippen LogP contribution in [0, 0.1) is 0 Å². The number of nitrogens with zero attached hydrogens (tertiary/aromatic N) is 1. The molecule has 1 rings (SSSR count). The Labute approximate surface area is 118 Å². The molecule has 0 aliphatic rings. The Hall–Kier alpha value is -0.580. The van der Waals surface area contributed by atoms with E-state index in [2.05, 4.69) is 58.2 Å². The van der Waals surface area contributed by atoms with E-state index >= 15 is 0 Å². The Balaban J connectivity index is 2.88. The van der Waals surface area contributed by atoms with Crippen molar-refractivity contribution in [3.05, 3.63) is 28.2 Å². The quantitative estimate of drug-likeness (QED) is 0.812. The molecule has 0 aliphatic carbocycles. The van der Waals surface area contributed by atoms with Gasteiger partial charge >= 0.3 is 0 Å². The Morgan fingerprint density at radius 2 is 2.11 bits per heavy atom. The van der Waals surface area contributed by atoms with Crippen LogP contribution in [-0.4, -0.2) is 31.3 Å². The second-order valence-electron chi connectivity index (χ2n) is 4.67. The van der Waals surface area contributed by atoms with Crippen molar-refractivity contribution >= 4 is 21.6 Å². The van der Waals surface area contributed by atoms with E-state index in [4.69, 9.17) is 5.11 Å². The number of halogens is 1. The van der Waals surface area contributed by atoms with E-state index in [1.807, 2.05) is 7.05 Å². The first-order chi connectivity index (χ1) is 8.60. The number of nitrogens with one attached hydrogen (secondary N) is 1. The van der Waals surface area contributed by atoms with Gasteiger partial charge < -0.3 is 15.3 Å². The van der Waals surface area contributed by atoms with Gasteiger partial charge in [-0.25, -0.2) is 0 Å². The van der Waals surface area contributed by atoms with Crippen LogP contribution < -0.4 is 10.2 Å². The number of anilines is 1. The van der Waals surface area contributed by atoms with Crippen LogP contribution in [0.4, 0.5) is 5.69 Å². The Morgan fingerprint density at radius 1 is 1.39 bits per heavy atom. The van der Waals surface area contributed by atoms with Gasteiger partial charge in [-0.05, 0) is 45.0 Å². The van der Waals surface area contributed by atoms with Crippen LogP contribution >= 0.6 is 15.9 Å². The van der Waals surface area contributed by atoms with Crippen LogP contribution in [0.15, 0.2) is 22.7 Å². The van der Waals surface area contributed by atoms with Crippen molar-refractivity contribution < 1.29 is 5.11 Å². The summed E-state index contributed by atoms with van der Waals surface area (Å²) in [7, 11) is 1.95. The molecule has 4 heteroatoms. The zero-order valence-electron chi connectivity index (χ0n) is 11.4. The van der Waals surface area contributed by atoms with E-state index in [-0.39, 0.29) is 6.61 Å². The highest BCUT2D eigenvalue weighted by Crippen LogP contribution is 2.25. The molecule has 18 heavy (non-hydrogen) atoms. The molecule has 102 valence electrons. The summed E-state index contributed by atoms with van der Waals surface area (Å²) in [6.07, 6.45) is 0.800. The van der Waals surface area contributed by atoms with Gasteiger partial charge in [0.25, 0.3) is 0 Å². The molecule has 0 saturated heterocycles. The van der Waals surface area contributed by atoms with Gasteiger partial charge in [-0.3, -0.25) is 0 Å². The number of rotatable bonds is 7. The fourth-order valence-corrected chi connectivity index (χ4v) is 2.48. The van der Waals surface area contributed by atoms with Crippen molar-refractivity contribution in [1.82, 2.24) is 5.32 Å². The zero-order chi connectivity index (χ0) is 13.5. The van der Waals surface area contributed by atoms with Crippen LogP contribution in [0.2, 0.25) is 0 Å². The lowest BCUT2D eigenvalue weighted by atomic mass is 10.1. The average Bonchev–Trinajstić information content (AvgIpc) is 2.32. The van der Waals surface area contributed by atoms with Gasteiger partial charge in [-0.15, -0.1) is 0 Å². The molecule has 0 radical (unpaired) electrons. The molecule has 2 N–H and O–H groups in total. The highest BCUT2D eigenvalue weighted by Gasteiger charge is 2.11. The van der Waals surface area contributed by atoms with Gasteiger partial charge in [-0.1, -0.05) is 22.0 Å². The van der Waals surface area contributed by atoms with E-state index in [1.54, 1.807) is 0 Å². The molecule has 0 aliphatic heterocycles. The maximum atomic E-state index is 8.97. The lowest BCUT2D eigenvalue weighted by molar-refractivity contribution is 0.288. The minimum Gasteiger partial charge on any atom is -0.396 e. The topological polar surface area (TPSA) is 35.5 Å². The maximum absolute atomic E-state index is 8.97. The van der Waals surface area contributed by atoms with Gasteiger partial charge in [-0.2, -0.15) is 0 Å². The first kappa shape index (κ1) is 15.5. The fourth-order valence-electron chi connectivity index (χ4n) is 1.98. The van der Waals surface area contributed by atoms with Gasteiger partial charge in [0.15, 0.2) is 0 Å². The Bertz CT molecular complexity index is 369. The highest BCUT2D eigenvalue weighted by atomic mass is 79.9. The highest BCUT2D eigenvalue weighted by molar-refractivity contribution is 9.10. The van der Waals surface area contributed by atoms with Crippen molar-refractivity contribution in [3.63, 3.8) is 0 Å². The second-order valence-corrected chi connectivity index (χ2v) is 5.52. The van der Waals surface area contributed by atoms with Gasteiger partial charge in [0.05, 0.1) is 0 Å². The van der Waals surface area contributed by atoms with Crippen molar-refractivity contribution in [2.75, 3.05) is 25.1 Å². The van der Waals surface area contributed by atoms with E-state index in [1.165, 1.54) is 11.3 Å². The molecule has 3 nitrogen and oxygen atoms in total. The molecule has 0 bridgehead atoms. The molecule has 0 amide bonds. The van der Waals surface area contributed by atoms with Crippen molar-refractivity contribution in [2.24, 2.45) is 0 Å². The molecular formula is C14H23BrN2O. The monoisotopic (exact) mass is 314 g/mol. The van der Waals surface area contributed by atoms with E-state index in [0.29, 0.717) is 6.04 Å². The summed E-state index contributed by atoms with van der Waals surface area (Å²) in [5.41, 5.74) is 2.46. The van der Waals surface area contributed by atoms with Crippen LogP contribution in [0.3, 0.4) is 0 Å². The minimum atomic E-state index is 0.238. The minimum absolute atomic E-state index is 0.238. The molecule has 0 aromatic heterocycles. The Kier molecular flexibility index (Phi) is 6.68. The summed E-state index contributed by atoms with van der Waals surface area (Å²) in [4.78, 5) is 2.31. The predicted molar refractivity (Wildman–Crippen MR) is 81.1 cm³/mol. The first-order valence-corrected chi connectivity index (χ1v) is 7.20. The lowest BCUT2D eigenvalue weighted by Gasteiger charge is -2.29. The van der Waals surface area contributed by atoms with Crippen LogP contribution in [-0.2, 0) is 6.54 Å². The largest absolute Gasteiger partial charge is 0.396 e. The zero-order valence-corrected chi connectivity index (χ0v) is 13.0. The predicted octanol–water partition coefficient (Wildman–Crippen LogP) is 2.77. The molecule has 0 fully saturated rings. The van der Waals surface area contributed by atoms with Gasteiger partial charge in [0.2, 0.25) is 0 Å². The molecule has 0 unspecified atom stereocenters. The normalized spacial score (nSPS) is 11.0. The Morgan fingerprint density at radius 3 is 2.61 bits per heavy atom. The molecule has 0 atom stereocenters. The molecule has 0 saturated carbocycles. The summed E-state index contributed by atoms with van der Waals surface area (Å²) in [6, 6.07) is 6.88. The third kappa shape index (κ3) is 4.26. The van der Waals surface area contributed by atoms with Gasteiger partial charge in [0.1, 0.15) is 0 Å². The summed E-state index contributed by atoms with van der Waals surface area (Å²) in [5.74, 6) is 0. The lowest BCUT2D eigenvalue weighted by Crippen LogP contribution is -2.32. The number of aliphatic hydroxyl groups excluding tert-OH is 1. The maximum Gasteiger partial charge on any atom is 0.0447 e. The average molecular weight is 315 g/mol. The number of hydrogen-bond acceptors (Lipinski definition) is 3. The standard InChI is InChI=1S/C14H23BrN2O/c1-11(2)17(7-4-8-18)13-6-5-12(10-16-3)14(15)9-13/h5-6,9,11,16,18H,4,7-8,10H2,1-3H3. The molecular weight excluding hydrogens is 292 g/mol. The van der Waals surface area contributed by atoms with E-state index in [9.17, 15) is 0 Å². The van der Waals surface area contributed by atoms with Crippen molar-refractivity contribution in [2.45, 2.75) is 32.9 Å². The summed E-state index contributed by atoms with van der Waals surface area (Å²) >= 11 is 3.62. The third-order valence-electron chi connectivity index (χ3n) is 2.92. The summed E-state index contributed by atoms with van der Waals surface area (Å²) in [5, 5.41) is 12.1. The third-order valence-corrected chi connectivity index (χ3v) is 3.65. The van der Waals surface area contributed by atoms with Crippen LogP contribution in [0.25, 0.3) is 0 Å². The van der Waals surface area contributed by atoms with Crippen LogP contribution in [0.1, 0.15) is 25.8 Å². The SMILES string of the molecule is CNCc1ccc(N(CCCO)C(C)C)cc1Br. The fraction of sp³-hybridized carbons (Fsp3) is 0.571. The number of benzene rings is 1. The number of hydrogen-bond donors (Lipinski definition) is 2. The molecule has 0 spiro atoms. The smallest absolute Gasteiger partial charge is 0.0447 e. The second kappa shape index (κ2) is 7.77. The summed E-state index contributed by atoms with van der Waals surface area (Å²) in [6.45, 7) is 6.33. The van der Waals surface area contributed by atoms with Crippen molar-refractivity contribution in [3.8, 4) is 0 Å².